The van der Waals surface area contributed by atoms with Crippen molar-refractivity contribution >= 4 is 19.7 Å². The molecule has 0 unspecified atom stereocenters. The summed E-state index contributed by atoms with van der Waals surface area (Å²) >= 11 is 0. The number of H-pyrrole nitrogens is 1. The highest BCUT2D eigenvalue weighted by atomic mass is 35.7. The van der Waals surface area contributed by atoms with Crippen LogP contribution in [-0.2, 0) is 9.05 Å². The lowest BCUT2D eigenvalue weighted by molar-refractivity contribution is 0.149. The van der Waals surface area contributed by atoms with E-state index in [-0.39, 0.29) is 0 Å². The topological polar surface area (TPSA) is 67.0 Å². The Morgan fingerprint density at radius 2 is 1.93 bits per heavy atom. The highest BCUT2D eigenvalue weighted by molar-refractivity contribution is 8.13. The smallest absolute Gasteiger partial charge is 0.276 e. The van der Waals surface area contributed by atoms with Crippen LogP contribution in [0.4, 0.5) is 8.78 Å². The predicted octanol–water partition coefficient (Wildman–Crippen LogP) is 1.24. The molecule has 0 aromatic carbocycles. The van der Waals surface area contributed by atoms with Crippen molar-refractivity contribution in [1.82, 2.24) is 4.98 Å². The van der Waals surface area contributed by atoms with Gasteiger partial charge in [0, 0.05) is 10.7 Å². The van der Waals surface area contributed by atoms with E-state index < -0.39 is 31.6 Å². The van der Waals surface area contributed by atoms with Crippen LogP contribution in [0.15, 0.2) is 22.0 Å². The fourth-order valence-corrected chi connectivity index (χ4v) is 1.50. The minimum atomic E-state index is -4.10. The second kappa shape index (κ2) is 3.66. The molecule has 1 rings (SSSR count). The van der Waals surface area contributed by atoms with E-state index in [2.05, 4.69) is 0 Å². The SMILES string of the molecule is O=c1[nH]c(S(=O)(=O)Cl)ccc1C(F)F. The summed E-state index contributed by atoms with van der Waals surface area (Å²) in [4.78, 5) is 12.6. The summed E-state index contributed by atoms with van der Waals surface area (Å²) in [5, 5.41) is -0.603. The maximum atomic E-state index is 12.1. The number of aromatic amines is 1. The van der Waals surface area contributed by atoms with Crippen molar-refractivity contribution in [3.8, 4) is 0 Å². The number of aromatic nitrogens is 1. The van der Waals surface area contributed by atoms with Crippen molar-refractivity contribution < 1.29 is 17.2 Å². The van der Waals surface area contributed by atoms with E-state index in [0.29, 0.717) is 0 Å². The average Bonchev–Trinajstić information content (AvgIpc) is 2.01. The van der Waals surface area contributed by atoms with Crippen LogP contribution < -0.4 is 5.56 Å². The zero-order valence-corrected chi connectivity index (χ0v) is 8.07. The number of halogens is 3. The molecule has 0 aliphatic rings. The van der Waals surface area contributed by atoms with Crippen LogP contribution in [0.25, 0.3) is 0 Å². The summed E-state index contributed by atoms with van der Waals surface area (Å²) in [6.45, 7) is 0. The van der Waals surface area contributed by atoms with Gasteiger partial charge in [0.1, 0.15) is 0 Å². The van der Waals surface area contributed by atoms with Gasteiger partial charge >= 0.3 is 0 Å². The van der Waals surface area contributed by atoms with Gasteiger partial charge in [0.05, 0.1) is 5.56 Å². The Bertz CT molecular complexity index is 496. The monoisotopic (exact) mass is 243 g/mol. The first kappa shape index (κ1) is 11.1. The van der Waals surface area contributed by atoms with E-state index >= 15 is 0 Å². The van der Waals surface area contributed by atoms with Crippen LogP contribution in [0.2, 0.25) is 0 Å². The molecule has 1 aromatic rings. The van der Waals surface area contributed by atoms with Crippen LogP contribution in [0.3, 0.4) is 0 Å². The number of hydrogen-bond donors (Lipinski definition) is 1. The average molecular weight is 244 g/mol. The van der Waals surface area contributed by atoms with Crippen molar-refractivity contribution in [3.05, 3.63) is 28.0 Å². The summed E-state index contributed by atoms with van der Waals surface area (Å²) < 4.78 is 45.5. The van der Waals surface area contributed by atoms with Crippen molar-refractivity contribution in [2.45, 2.75) is 11.5 Å². The number of hydrogen-bond acceptors (Lipinski definition) is 3. The Hall–Kier alpha value is -0.950. The lowest BCUT2D eigenvalue weighted by Crippen LogP contribution is -2.15. The summed E-state index contributed by atoms with van der Waals surface area (Å²) in [5.41, 5.74) is -1.96. The second-order valence-electron chi connectivity index (χ2n) is 2.35. The minimum Gasteiger partial charge on any atom is -0.312 e. The molecule has 1 heterocycles. The molecule has 1 N–H and O–H groups in total. The van der Waals surface area contributed by atoms with Crippen LogP contribution in [-0.4, -0.2) is 13.4 Å². The number of nitrogens with one attached hydrogen (secondary N) is 1. The van der Waals surface area contributed by atoms with E-state index in [0.717, 1.165) is 12.1 Å². The largest absolute Gasteiger partial charge is 0.312 e. The quantitative estimate of drug-likeness (QED) is 0.795. The zero-order chi connectivity index (χ0) is 10.9. The molecule has 8 heteroatoms. The normalized spacial score (nSPS) is 12.0. The van der Waals surface area contributed by atoms with Gasteiger partial charge in [-0.3, -0.25) is 4.79 Å². The molecule has 0 aliphatic carbocycles. The Morgan fingerprint density at radius 3 is 2.29 bits per heavy atom. The van der Waals surface area contributed by atoms with Gasteiger partial charge < -0.3 is 4.98 Å². The molecule has 0 fully saturated rings. The summed E-state index contributed by atoms with van der Waals surface area (Å²) in [5.74, 6) is 0. The highest BCUT2D eigenvalue weighted by Crippen LogP contribution is 2.16. The summed E-state index contributed by atoms with van der Waals surface area (Å²) in [6.07, 6.45) is -2.95. The maximum absolute atomic E-state index is 12.1. The van der Waals surface area contributed by atoms with E-state index in [1.807, 2.05) is 0 Å². The van der Waals surface area contributed by atoms with Gasteiger partial charge in [0.2, 0.25) is 0 Å². The van der Waals surface area contributed by atoms with E-state index in [1.54, 1.807) is 4.98 Å². The van der Waals surface area contributed by atoms with E-state index in [9.17, 15) is 22.0 Å². The maximum Gasteiger partial charge on any atom is 0.276 e. The van der Waals surface area contributed by atoms with Crippen LogP contribution in [0, 0.1) is 0 Å². The van der Waals surface area contributed by atoms with Gasteiger partial charge in [-0.1, -0.05) is 0 Å². The molecular weight excluding hydrogens is 240 g/mol. The van der Waals surface area contributed by atoms with Gasteiger partial charge in [0.25, 0.3) is 21.0 Å². The van der Waals surface area contributed by atoms with E-state index in [1.165, 1.54) is 0 Å². The first-order chi connectivity index (χ1) is 6.32. The number of alkyl halides is 2. The molecule has 0 bridgehead atoms. The Labute approximate surface area is 81.9 Å². The van der Waals surface area contributed by atoms with Gasteiger partial charge in [-0.2, -0.15) is 0 Å². The molecule has 0 radical (unpaired) electrons. The van der Waals surface area contributed by atoms with Crippen molar-refractivity contribution in [2.24, 2.45) is 0 Å². The lowest BCUT2D eigenvalue weighted by Gasteiger charge is -1.99. The lowest BCUT2D eigenvalue weighted by atomic mass is 10.3. The second-order valence-corrected chi connectivity index (χ2v) is 4.88. The van der Waals surface area contributed by atoms with Crippen molar-refractivity contribution in [2.75, 3.05) is 0 Å². The van der Waals surface area contributed by atoms with Crippen LogP contribution >= 0.6 is 10.7 Å². The molecule has 1 aromatic heterocycles. The summed E-state index contributed by atoms with van der Waals surface area (Å²) in [6, 6.07) is 1.53. The molecule has 0 aliphatic heterocycles. The van der Waals surface area contributed by atoms with Crippen molar-refractivity contribution in [3.63, 3.8) is 0 Å². The van der Waals surface area contributed by atoms with Crippen LogP contribution in [0.5, 0.6) is 0 Å². The Morgan fingerprint density at radius 1 is 1.36 bits per heavy atom. The third kappa shape index (κ3) is 2.30. The minimum absolute atomic E-state index is 0.603. The summed E-state index contributed by atoms with van der Waals surface area (Å²) in [7, 11) is 0.781. The third-order valence-electron chi connectivity index (χ3n) is 1.41. The fraction of sp³-hybridized carbons (Fsp3) is 0.167. The molecule has 0 saturated heterocycles. The molecule has 0 atom stereocenters. The first-order valence-electron chi connectivity index (χ1n) is 3.28. The van der Waals surface area contributed by atoms with E-state index in [4.69, 9.17) is 10.7 Å². The molecule has 0 amide bonds. The molecule has 14 heavy (non-hydrogen) atoms. The number of pyridine rings is 1. The Kier molecular flexibility index (Phi) is 2.91. The standard InChI is InChI=1S/C6H4ClF2NO3S/c7-14(12,13)4-2-1-3(5(8)9)6(11)10-4/h1-2,5H,(H,10,11). The molecular formula is C6H4ClF2NO3S. The molecule has 4 nitrogen and oxygen atoms in total. The first-order valence-corrected chi connectivity index (χ1v) is 5.59. The fourth-order valence-electron chi connectivity index (χ4n) is 0.781. The van der Waals surface area contributed by atoms with Gasteiger partial charge in [-0.05, 0) is 12.1 Å². The Balaban J connectivity index is 3.35. The van der Waals surface area contributed by atoms with Gasteiger partial charge in [-0.15, -0.1) is 0 Å². The third-order valence-corrected chi connectivity index (χ3v) is 2.67. The zero-order valence-electron chi connectivity index (χ0n) is 6.50. The van der Waals surface area contributed by atoms with Crippen LogP contribution in [0.1, 0.15) is 12.0 Å². The molecule has 0 spiro atoms. The van der Waals surface area contributed by atoms with Gasteiger partial charge in [0.15, 0.2) is 5.03 Å². The number of rotatable bonds is 2. The molecule has 78 valence electrons. The predicted molar refractivity (Wildman–Crippen MR) is 45.1 cm³/mol. The van der Waals surface area contributed by atoms with Crippen molar-refractivity contribution in [1.29, 1.82) is 0 Å². The molecule has 0 saturated carbocycles. The van der Waals surface area contributed by atoms with Gasteiger partial charge in [-0.25, -0.2) is 17.2 Å². The highest BCUT2D eigenvalue weighted by Gasteiger charge is 2.16.